The number of rotatable bonds is 6. The van der Waals surface area contributed by atoms with E-state index in [0.717, 1.165) is 38.4 Å². The molecule has 0 aromatic heterocycles. The molecule has 1 aliphatic rings. The van der Waals surface area contributed by atoms with Crippen LogP contribution >= 0.6 is 0 Å². The monoisotopic (exact) mass is 274 g/mol. The van der Waals surface area contributed by atoms with Gasteiger partial charge in [-0.1, -0.05) is 0 Å². The normalized spacial score (nSPS) is 16.5. The molecule has 108 valence electrons. The highest BCUT2D eigenvalue weighted by atomic mass is 16.5. The van der Waals surface area contributed by atoms with Gasteiger partial charge in [-0.25, -0.2) is 0 Å². The van der Waals surface area contributed by atoms with Crippen LogP contribution in [0.5, 0.6) is 0 Å². The molecule has 1 aromatic carbocycles. The Morgan fingerprint density at radius 1 is 1.30 bits per heavy atom. The summed E-state index contributed by atoms with van der Waals surface area (Å²) in [6.07, 6.45) is 1.24. The first kappa shape index (κ1) is 14.6. The third-order valence-corrected chi connectivity index (χ3v) is 3.44. The molecule has 0 aliphatic carbocycles. The third kappa shape index (κ3) is 4.41. The summed E-state index contributed by atoms with van der Waals surface area (Å²) >= 11 is 0. The Bertz CT molecular complexity index is 434. The maximum absolute atomic E-state index is 8.52. The molecule has 1 atom stereocenters. The second-order valence-electron chi connectivity index (χ2n) is 4.98. The van der Waals surface area contributed by atoms with E-state index in [1.807, 2.05) is 0 Å². The van der Waals surface area contributed by atoms with Gasteiger partial charge in [-0.05, 0) is 30.7 Å². The van der Waals surface area contributed by atoms with Crippen LogP contribution in [0.1, 0.15) is 12.8 Å². The number of nitrogens with one attached hydrogen (secondary N) is 1. The van der Waals surface area contributed by atoms with Gasteiger partial charge in [-0.3, -0.25) is 0 Å². The Kier molecular flexibility index (Phi) is 5.66. The predicted octanol–water partition coefficient (Wildman–Crippen LogP) is 1.57. The summed E-state index contributed by atoms with van der Waals surface area (Å²) in [7, 11) is 0. The van der Waals surface area contributed by atoms with Crippen LogP contribution in [0.2, 0.25) is 0 Å². The van der Waals surface area contributed by atoms with Gasteiger partial charge in [0.1, 0.15) is 0 Å². The highest BCUT2D eigenvalue weighted by Crippen LogP contribution is 2.18. The van der Waals surface area contributed by atoms with Crippen LogP contribution in [0.25, 0.3) is 0 Å². The van der Waals surface area contributed by atoms with Crippen LogP contribution in [0.15, 0.2) is 24.3 Å². The standard InChI is InChI=1S/C15H22N4O/c16-7-1-2-13(17)12-18-14-3-5-15(6-4-14)19-8-10-20-11-9-19/h3-6,13,18H,1-2,8-12,17H2/t13-/m0/s1. The zero-order valence-electron chi connectivity index (χ0n) is 11.7. The molecule has 20 heavy (non-hydrogen) atoms. The number of hydrogen-bond acceptors (Lipinski definition) is 5. The molecule has 0 amide bonds. The van der Waals surface area contributed by atoms with Crippen molar-refractivity contribution in [1.29, 1.82) is 5.26 Å². The lowest BCUT2D eigenvalue weighted by Gasteiger charge is -2.29. The molecule has 0 spiro atoms. The minimum Gasteiger partial charge on any atom is -0.383 e. The molecule has 1 fully saturated rings. The van der Waals surface area contributed by atoms with Gasteiger partial charge in [0, 0.05) is 43.5 Å². The Hall–Kier alpha value is -1.77. The zero-order valence-corrected chi connectivity index (χ0v) is 11.7. The lowest BCUT2D eigenvalue weighted by molar-refractivity contribution is 0.122. The van der Waals surface area contributed by atoms with Crippen molar-refractivity contribution < 1.29 is 4.74 Å². The molecule has 5 nitrogen and oxygen atoms in total. The minimum absolute atomic E-state index is 0.0218. The van der Waals surface area contributed by atoms with Crippen molar-refractivity contribution in [2.24, 2.45) is 5.73 Å². The Balaban J connectivity index is 1.80. The Morgan fingerprint density at radius 3 is 2.65 bits per heavy atom. The maximum Gasteiger partial charge on any atom is 0.0642 e. The Morgan fingerprint density at radius 2 is 2.00 bits per heavy atom. The van der Waals surface area contributed by atoms with Crippen LogP contribution in [0.4, 0.5) is 11.4 Å². The number of morpholine rings is 1. The first-order valence-electron chi connectivity index (χ1n) is 7.09. The summed E-state index contributed by atoms with van der Waals surface area (Å²) < 4.78 is 5.35. The summed E-state index contributed by atoms with van der Waals surface area (Å²) in [6, 6.07) is 10.5. The van der Waals surface area contributed by atoms with Gasteiger partial charge in [0.15, 0.2) is 0 Å². The molecule has 1 aromatic rings. The number of nitriles is 1. The second kappa shape index (κ2) is 7.73. The van der Waals surface area contributed by atoms with Gasteiger partial charge in [-0.15, -0.1) is 0 Å². The van der Waals surface area contributed by atoms with Gasteiger partial charge in [0.2, 0.25) is 0 Å². The van der Waals surface area contributed by atoms with Crippen molar-refractivity contribution in [2.75, 3.05) is 43.1 Å². The van der Waals surface area contributed by atoms with E-state index in [2.05, 4.69) is 40.6 Å². The van der Waals surface area contributed by atoms with Crippen molar-refractivity contribution in [2.45, 2.75) is 18.9 Å². The molecule has 2 rings (SSSR count). The molecule has 1 saturated heterocycles. The summed E-state index contributed by atoms with van der Waals surface area (Å²) in [6.45, 7) is 4.19. The Labute approximate surface area is 120 Å². The van der Waals surface area contributed by atoms with E-state index in [4.69, 9.17) is 15.7 Å². The molecule has 0 unspecified atom stereocenters. The highest BCUT2D eigenvalue weighted by molar-refractivity contribution is 5.55. The molecular weight excluding hydrogens is 252 g/mol. The van der Waals surface area contributed by atoms with Gasteiger partial charge in [0.25, 0.3) is 0 Å². The van der Waals surface area contributed by atoms with E-state index in [9.17, 15) is 0 Å². The molecular formula is C15H22N4O. The molecule has 1 aliphatic heterocycles. The number of ether oxygens (including phenoxy) is 1. The van der Waals surface area contributed by atoms with Crippen molar-refractivity contribution in [3.05, 3.63) is 24.3 Å². The predicted molar refractivity (Wildman–Crippen MR) is 80.8 cm³/mol. The summed E-state index contributed by atoms with van der Waals surface area (Å²) in [5, 5.41) is 11.8. The van der Waals surface area contributed by atoms with Crippen LogP contribution in [-0.2, 0) is 4.74 Å². The number of anilines is 2. The number of hydrogen-bond donors (Lipinski definition) is 2. The smallest absolute Gasteiger partial charge is 0.0642 e. The summed E-state index contributed by atoms with van der Waals surface area (Å²) in [5.41, 5.74) is 8.21. The van der Waals surface area contributed by atoms with Crippen LogP contribution in [-0.4, -0.2) is 38.9 Å². The third-order valence-electron chi connectivity index (χ3n) is 3.44. The van der Waals surface area contributed by atoms with Gasteiger partial charge >= 0.3 is 0 Å². The van der Waals surface area contributed by atoms with E-state index >= 15 is 0 Å². The van der Waals surface area contributed by atoms with Gasteiger partial charge in [0.05, 0.1) is 19.3 Å². The SMILES string of the molecule is N#CCC[C@H](N)CNc1ccc(N2CCOCC2)cc1. The van der Waals surface area contributed by atoms with E-state index in [1.54, 1.807) is 0 Å². The van der Waals surface area contributed by atoms with Crippen LogP contribution < -0.4 is 16.0 Å². The van der Waals surface area contributed by atoms with Crippen molar-refractivity contribution >= 4 is 11.4 Å². The molecule has 5 heteroatoms. The maximum atomic E-state index is 8.52. The lowest BCUT2D eigenvalue weighted by atomic mass is 10.1. The fourth-order valence-corrected chi connectivity index (χ4v) is 2.21. The van der Waals surface area contributed by atoms with E-state index in [-0.39, 0.29) is 6.04 Å². The van der Waals surface area contributed by atoms with Crippen molar-refractivity contribution in [1.82, 2.24) is 0 Å². The number of nitrogens with zero attached hydrogens (tertiary/aromatic N) is 2. The van der Waals surface area contributed by atoms with Crippen LogP contribution in [0.3, 0.4) is 0 Å². The topological polar surface area (TPSA) is 74.3 Å². The first-order chi connectivity index (χ1) is 9.79. The fraction of sp³-hybridized carbons (Fsp3) is 0.533. The van der Waals surface area contributed by atoms with Crippen molar-refractivity contribution in [3.63, 3.8) is 0 Å². The first-order valence-corrected chi connectivity index (χ1v) is 7.09. The molecule has 1 heterocycles. The van der Waals surface area contributed by atoms with E-state index in [0.29, 0.717) is 13.0 Å². The molecule has 0 saturated carbocycles. The van der Waals surface area contributed by atoms with Gasteiger partial charge in [-0.2, -0.15) is 5.26 Å². The molecule has 3 N–H and O–H groups in total. The van der Waals surface area contributed by atoms with E-state index < -0.39 is 0 Å². The fourth-order valence-electron chi connectivity index (χ4n) is 2.21. The average molecular weight is 274 g/mol. The second-order valence-corrected chi connectivity index (χ2v) is 4.98. The van der Waals surface area contributed by atoms with Crippen LogP contribution in [0, 0.1) is 11.3 Å². The van der Waals surface area contributed by atoms with Gasteiger partial charge < -0.3 is 20.7 Å². The van der Waals surface area contributed by atoms with E-state index in [1.165, 1.54) is 5.69 Å². The largest absolute Gasteiger partial charge is 0.383 e. The average Bonchev–Trinajstić information content (AvgIpc) is 2.52. The lowest BCUT2D eigenvalue weighted by Crippen LogP contribution is -2.36. The molecule has 0 radical (unpaired) electrons. The quantitative estimate of drug-likeness (QED) is 0.823. The summed E-state index contributed by atoms with van der Waals surface area (Å²) in [4.78, 5) is 2.33. The highest BCUT2D eigenvalue weighted by Gasteiger charge is 2.10. The minimum atomic E-state index is 0.0218. The number of benzene rings is 1. The number of nitrogens with two attached hydrogens (primary N) is 1. The van der Waals surface area contributed by atoms with Crippen molar-refractivity contribution in [3.8, 4) is 6.07 Å². The zero-order chi connectivity index (χ0) is 14.2. The summed E-state index contributed by atoms with van der Waals surface area (Å²) in [5.74, 6) is 0. The molecule has 0 bridgehead atoms.